The van der Waals surface area contributed by atoms with E-state index >= 15 is 0 Å². The molecule has 2 aliphatic rings. The number of ether oxygens (including phenoxy) is 2. The summed E-state index contributed by atoms with van der Waals surface area (Å²) in [6.07, 6.45) is 3.86. The van der Waals surface area contributed by atoms with Crippen molar-refractivity contribution in [3.63, 3.8) is 0 Å². The zero-order valence-electron chi connectivity index (χ0n) is 15.9. The SMILES string of the molecule is CCOC1(OCC)C(c2ccccc2)[C@H]2CCC[C@H]2C1c1ccccc1. The Bertz CT molecular complexity index is 635. The predicted octanol–water partition coefficient (Wildman–Crippen LogP) is 5.75. The molecule has 0 amide bonds. The second kappa shape index (κ2) is 7.54. The van der Waals surface area contributed by atoms with Gasteiger partial charge in [0.25, 0.3) is 0 Å². The molecule has 0 aromatic heterocycles. The summed E-state index contributed by atoms with van der Waals surface area (Å²) in [4.78, 5) is 0. The lowest BCUT2D eigenvalue weighted by Gasteiger charge is -2.41. The molecule has 0 N–H and O–H groups in total. The zero-order valence-corrected chi connectivity index (χ0v) is 15.9. The summed E-state index contributed by atoms with van der Waals surface area (Å²) in [5, 5.41) is 0. The van der Waals surface area contributed by atoms with Gasteiger partial charge in [0.05, 0.1) is 0 Å². The monoisotopic (exact) mass is 350 g/mol. The number of hydrogen-bond acceptors (Lipinski definition) is 2. The summed E-state index contributed by atoms with van der Waals surface area (Å²) in [6, 6.07) is 21.9. The van der Waals surface area contributed by atoms with E-state index in [9.17, 15) is 0 Å². The highest BCUT2D eigenvalue weighted by Crippen LogP contribution is 2.64. The van der Waals surface area contributed by atoms with Gasteiger partial charge in [-0.25, -0.2) is 0 Å². The molecule has 0 radical (unpaired) electrons. The Kier molecular flexibility index (Phi) is 5.15. The number of rotatable bonds is 6. The first-order valence-electron chi connectivity index (χ1n) is 10.2. The second-order valence-corrected chi connectivity index (χ2v) is 7.62. The van der Waals surface area contributed by atoms with Crippen LogP contribution in [0.3, 0.4) is 0 Å². The lowest BCUT2D eigenvalue weighted by molar-refractivity contribution is -0.251. The molecule has 0 bridgehead atoms. The Hall–Kier alpha value is -1.64. The van der Waals surface area contributed by atoms with Gasteiger partial charge in [0, 0.05) is 25.0 Å². The first-order valence-corrected chi connectivity index (χ1v) is 10.2. The van der Waals surface area contributed by atoms with Crippen LogP contribution in [-0.2, 0) is 9.47 Å². The van der Waals surface area contributed by atoms with E-state index in [1.165, 1.54) is 30.4 Å². The molecule has 2 unspecified atom stereocenters. The molecule has 0 heterocycles. The Morgan fingerprint density at radius 3 is 1.54 bits per heavy atom. The van der Waals surface area contributed by atoms with E-state index in [0.717, 1.165) is 0 Å². The molecular formula is C24H30O2. The predicted molar refractivity (Wildman–Crippen MR) is 105 cm³/mol. The van der Waals surface area contributed by atoms with E-state index in [1.54, 1.807) is 0 Å². The van der Waals surface area contributed by atoms with Crippen molar-refractivity contribution >= 4 is 0 Å². The molecule has 2 heteroatoms. The largest absolute Gasteiger partial charge is 0.349 e. The third-order valence-electron chi connectivity index (χ3n) is 6.41. The fourth-order valence-corrected chi connectivity index (χ4v) is 5.77. The number of benzene rings is 2. The molecule has 0 aliphatic heterocycles. The molecule has 2 aliphatic carbocycles. The van der Waals surface area contributed by atoms with Gasteiger partial charge in [-0.15, -0.1) is 0 Å². The van der Waals surface area contributed by atoms with Crippen molar-refractivity contribution in [3.05, 3.63) is 71.8 Å². The van der Waals surface area contributed by atoms with Crippen LogP contribution >= 0.6 is 0 Å². The smallest absolute Gasteiger partial charge is 0.182 e. The highest BCUT2D eigenvalue weighted by atomic mass is 16.7. The zero-order chi connectivity index (χ0) is 18.0. The van der Waals surface area contributed by atoms with E-state index in [0.29, 0.717) is 36.9 Å². The lowest BCUT2D eigenvalue weighted by atomic mass is 9.82. The standard InChI is InChI=1S/C24H30O2/c1-3-25-24(26-4-2)22(18-12-7-5-8-13-18)20-16-11-17-21(20)23(24)19-14-9-6-10-15-19/h5-10,12-15,20-23H,3-4,11,16-17H2,1-2H3/t20-,21+,22?,23?. The first kappa shape index (κ1) is 17.8. The summed E-state index contributed by atoms with van der Waals surface area (Å²) >= 11 is 0. The van der Waals surface area contributed by atoms with Crippen LogP contribution in [0.4, 0.5) is 0 Å². The summed E-state index contributed by atoms with van der Waals surface area (Å²) in [5.41, 5.74) is 2.73. The van der Waals surface area contributed by atoms with Crippen molar-refractivity contribution < 1.29 is 9.47 Å². The van der Waals surface area contributed by atoms with Crippen LogP contribution in [0.1, 0.15) is 56.1 Å². The van der Waals surface area contributed by atoms with Crippen LogP contribution < -0.4 is 0 Å². The van der Waals surface area contributed by atoms with Gasteiger partial charge in [0.2, 0.25) is 0 Å². The maximum Gasteiger partial charge on any atom is 0.182 e. The molecule has 26 heavy (non-hydrogen) atoms. The van der Waals surface area contributed by atoms with Crippen LogP contribution in [0, 0.1) is 11.8 Å². The Morgan fingerprint density at radius 1 is 0.731 bits per heavy atom. The second-order valence-electron chi connectivity index (χ2n) is 7.62. The molecule has 0 saturated heterocycles. The van der Waals surface area contributed by atoms with Crippen molar-refractivity contribution in [1.82, 2.24) is 0 Å². The van der Waals surface area contributed by atoms with Crippen molar-refractivity contribution in [1.29, 1.82) is 0 Å². The first-order chi connectivity index (χ1) is 12.8. The highest BCUT2D eigenvalue weighted by Gasteiger charge is 2.63. The Balaban J connectivity index is 1.88. The fraction of sp³-hybridized carbons (Fsp3) is 0.500. The quantitative estimate of drug-likeness (QED) is 0.617. The van der Waals surface area contributed by atoms with Crippen LogP contribution in [0.25, 0.3) is 0 Å². The molecule has 4 atom stereocenters. The van der Waals surface area contributed by atoms with Gasteiger partial charge in [-0.3, -0.25) is 0 Å². The molecule has 138 valence electrons. The van der Waals surface area contributed by atoms with E-state index in [2.05, 4.69) is 74.5 Å². The third-order valence-corrected chi connectivity index (χ3v) is 6.41. The van der Waals surface area contributed by atoms with Crippen LogP contribution in [0.5, 0.6) is 0 Å². The molecule has 2 aromatic carbocycles. The lowest BCUT2D eigenvalue weighted by Crippen LogP contribution is -2.45. The van der Waals surface area contributed by atoms with E-state index in [-0.39, 0.29) is 0 Å². The summed E-state index contributed by atoms with van der Waals surface area (Å²) in [7, 11) is 0. The fourth-order valence-electron chi connectivity index (χ4n) is 5.77. The van der Waals surface area contributed by atoms with Crippen LogP contribution in [-0.4, -0.2) is 19.0 Å². The molecule has 4 rings (SSSR count). The van der Waals surface area contributed by atoms with Gasteiger partial charge in [0.15, 0.2) is 5.79 Å². The maximum atomic E-state index is 6.58. The summed E-state index contributed by atoms with van der Waals surface area (Å²) in [5.74, 6) is 1.27. The van der Waals surface area contributed by atoms with Crippen molar-refractivity contribution in [2.24, 2.45) is 11.8 Å². The van der Waals surface area contributed by atoms with Gasteiger partial charge >= 0.3 is 0 Å². The summed E-state index contributed by atoms with van der Waals surface area (Å²) < 4.78 is 13.2. The molecule has 2 nitrogen and oxygen atoms in total. The highest BCUT2D eigenvalue weighted by molar-refractivity contribution is 5.35. The number of fused-ring (bicyclic) bond motifs is 1. The molecule has 0 spiro atoms. The Morgan fingerprint density at radius 2 is 1.15 bits per heavy atom. The average Bonchev–Trinajstić information content (AvgIpc) is 3.22. The van der Waals surface area contributed by atoms with Crippen molar-refractivity contribution in [2.45, 2.75) is 50.7 Å². The van der Waals surface area contributed by atoms with E-state index < -0.39 is 5.79 Å². The van der Waals surface area contributed by atoms with Crippen molar-refractivity contribution in [3.8, 4) is 0 Å². The van der Waals surface area contributed by atoms with Gasteiger partial charge in [-0.1, -0.05) is 67.1 Å². The average molecular weight is 351 g/mol. The molecule has 2 fully saturated rings. The van der Waals surface area contributed by atoms with E-state index in [4.69, 9.17) is 9.47 Å². The molecule has 2 saturated carbocycles. The topological polar surface area (TPSA) is 18.5 Å². The molecule has 2 aromatic rings. The minimum absolute atomic E-state index is 0.293. The normalized spacial score (nSPS) is 29.6. The molecular weight excluding hydrogens is 320 g/mol. The van der Waals surface area contributed by atoms with Crippen LogP contribution in [0.15, 0.2) is 60.7 Å². The van der Waals surface area contributed by atoms with Gasteiger partial charge in [-0.05, 0) is 49.7 Å². The van der Waals surface area contributed by atoms with Gasteiger partial charge < -0.3 is 9.47 Å². The van der Waals surface area contributed by atoms with Crippen molar-refractivity contribution in [2.75, 3.05) is 13.2 Å². The third kappa shape index (κ3) is 2.80. The minimum Gasteiger partial charge on any atom is -0.349 e. The van der Waals surface area contributed by atoms with Gasteiger partial charge in [-0.2, -0.15) is 0 Å². The van der Waals surface area contributed by atoms with Gasteiger partial charge in [0.1, 0.15) is 0 Å². The summed E-state index contributed by atoms with van der Waals surface area (Å²) in [6.45, 7) is 5.54. The minimum atomic E-state index is -0.567. The maximum absolute atomic E-state index is 6.58. The Labute approximate surface area is 157 Å². The number of hydrogen-bond donors (Lipinski definition) is 0. The van der Waals surface area contributed by atoms with E-state index in [1.807, 2.05) is 0 Å². The van der Waals surface area contributed by atoms with Crippen LogP contribution in [0.2, 0.25) is 0 Å².